The molecule has 1 rings (SSSR count). The normalized spacial score (nSPS) is 27.9. The second-order valence-electron chi connectivity index (χ2n) is 4.99. The van der Waals surface area contributed by atoms with Gasteiger partial charge in [0, 0.05) is 38.8 Å². The lowest BCUT2D eigenvalue weighted by Crippen LogP contribution is -2.48. The molecule has 0 aromatic heterocycles. The van der Waals surface area contributed by atoms with E-state index in [0.717, 1.165) is 19.4 Å². The summed E-state index contributed by atoms with van der Waals surface area (Å²) in [6.07, 6.45) is 2.42. The van der Waals surface area contributed by atoms with Crippen LogP contribution in [0.15, 0.2) is 0 Å². The Morgan fingerprint density at radius 2 is 2.31 bits per heavy atom. The number of carbonyl (C=O) groups is 1. The van der Waals surface area contributed by atoms with Crippen molar-refractivity contribution in [3.63, 3.8) is 0 Å². The van der Waals surface area contributed by atoms with Gasteiger partial charge >= 0.3 is 0 Å². The van der Waals surface area contributed by atoms with Gasteiger partial charge in [-0.3, -0.25) is 4.79 Å². The third-order valence-electron chi connectivity index (χ3n) is 3.21. The van der Waals surface area contributed by atoms with Gasteiger partial charge in [0.1, 0.15) is 0 Å². The van der Waals surface area contributed by atoms with E-state index >= 15 is 0 Å². The number of ether oxygens (including phenoxy) is 1. The molecule has 1 saturated heterocycles. The molecule has 3 atom stereocenters. The van der Waals surface area contributed by atoms with Crippen LogP contribution in [0.25, 0.3) is 0 Å². The molecule has 0 spiro atoms. The second-order valence-corrected chi connectivity index (χ2v) is 4.99. The van der Waals surface area contributed by atoms with Crippen LogP contribution < -0.4 is 5.73 Å². The number of likely N-dealkylation sites (tertiary alicyclic amines) is 1. The fourth-order valence-corrected chi connectivity index (χ4v) is 2.34. The lowest BCUT2D eigenvalue weighted by atomic mass is 9.97. The van der Waals surface area contributed by atoms with Crippen LogP contribution in [0.1, 0.15) is 33.1 Å². The molecule has 16 heavy (non-hydrogen) atoms. The summed E-state index contributed by atoms with van der Waals surface area (Å²) < 4.78 is 5.04. The van der Waals surface area contributed by atoms with Crippen LogP contribution in [-0.4, -0.2) is 43.2 Å². The number of nitrogens with two attached hydrogens (primary N) is 1. The maximum atomic E-state index is 12.0. The first-order valence-electron chi connectivity index (χ1n) is 6.08. The van der Waals surface area contributed by atoms with Gasteiger partial charge in [0.2, 0.25) is 5.91 Å². The number of piperidine rings is 1. The quantitative estimate of drug-likeness (QED) is 0.781. The summed E-state index contributed by atoms with van der Waals surface area (Å²) in [7, 11) is 1.67. The minimum Gasteiger partial charge on any atom is -0.384 e. The molecule has 4 heteroatoms. The lowest BCUT2D eigenvalue weighted by molar-refractivity contribution is -0.135. The molecule has 1 aliphatic rings. The predicted octanol–water partition coefficient (Wildman–Crippen LogP) is 0.997. The topological polar surface area (TPSA) is 55.6 Å². The van der Waals surface area contributed by atoms with Crippen molar-refractivity contribution in [1.82, 2.24) is 4.90 Å². The van der Waals surface area contributed by atoms with E-state index in [4.69, 9.17) is 10.5 Å². The fraction of sp³-hybridized carbons (Fsp3) is 0.917. The van der Waals surface area contributed by atoms with Gasteiger partial charge in [-0.2, -0.15) is 0 Å². The third kappa shape index (κ3) is 3.76. The number of nitrogens with zero attached hydrogens (tertiary/aromatic N) is 1. The van der Waals surface area contributed by atoms with Crippen molar-refractivity contribution >= 4 is 5.91 Å². The molecule has 2 N–H and O–H groups in total. The Hall–Kier alpha value is -0.610. The summed E-state index contributed by atoms with van der Waals surface area (Å²) in [5, 5.41) is 0. The van der Waals surface area contributed by atoms with Crippen LogP contribution in [0.4, 0.5) is 0 Å². The van der Waals surface area contributed by atoms with E-state index in [2.05, 4.69) is 6.92 Å². The summed E-state index contributed by atoms with van der Waals surface area (Å²) in [5.41, 5.74) is 5.88. The van der Waals surface area contributed by atoms with Crippen LogP contribution in [-0.2, 0) is 9.53 Å². The van der Waals surface area contributed by atoms with Gasteiger partial charge in [0.25, 0.3) is 0 Å². The molecule has 0 bridgehead atoms. The summed E-state index contributed by atoms with van der Waals surface area (Å²) in [6, 6.07) is 0.543. The molecule has 1 amide bonds. The zero-order valence-electron chi connectivity index (χ0n) is 10.6. The monoisotopic (exact) mass is 228 g/mol. The van der Waals surface area contributed by atoms with Crippen molar-refractivity contribution in [2.24, 2.45) is 11.7 Å². The molecule has 3 unspecified atom stereocenters. The van der Waals surface area contributed by atoms with Crippen LogP contribution in [0.2, 0.25) is 0 Å². The number of rotatable bonds is 4. The highest BCUT2D eigenvalue weighted by Crippen LogP contribution is 2.18. The first-order chi connectivity index (χ1) is 7.54. The lowest BCUT2D eigenvalue weighted by Gasteiger charge is -2.37. The number of hydrogen-bond donors (Lipinski definition) is 1. The molecule has 1 fully saturated rings. The van der Waals surface area contributed by atoms with Crippen molar-refractivity contribution in [2.75, 3.05) is 20.3 Å². The first kappa shape index (κ1) is 13.5. The van der Waals surface area contributed by atoms with Gasteiger partial charge in [-0.15, -0.1) is 0 Å². The summed E-state index contributed by atoms with van der Waals surface area (Å²) >= 11 is 0. The molecule has 4 nitrogen and oxygen atoms in total. The molecular formula is C12H24N2O2. The Bertz CT molecular complexity index is 233. The molecule has 1 heterocycles. The molecule has 0 radical (unpaired) electrons. The SMILES string of the molecule is COCC(C)CC(=O)N1CCC(N)CC1C. The fourth-order valence-electron chi connectivity index (χ4n) is 2.34. The Labute approximate surface area is 98.1 Å². The molecule has 0 aliphatic carbocycles. The molecule has 1 aliphatic heterocycles. The van der Waals surface area contributed by atoms with Gasteiger partial charge in [-0.25, -0.2) is 0 Å². The summed E-state index contributed by atoms with van der Waals surface area (Å²) in [5.74, 6) is 0.532. The largest absolute Gasteiger partial charge is 0.384 e. The van der Waals surface area contributed by atoms with Gasteiger partial charge in [-0.05, 0) is 25.7 Å². The molecule has 0 saturated carbocycles. The van der Waals surface area contributed by atoms with Gasteiger partial charge in [0.15, 0.2) is 0 Å². The van der Waals surface area contributed by atoms with Crippen LogP contribution in [0.3, 0.4) is 0 Å². The van der Waals surface area contributed by atoms with E-state index < -0.39 is 0 Å². The summed E-state index contributed by atoms with van der Waals surface area (Å²) in [4.78, 5) is 14.0. The average Bonchev–Trinajstić information content (AvgIpc) is 2.17. The Morgan fingerprint density at radius 3 is 2.88 bits per heavy atom. The smallest absolute Gasteiger partial charge is 0.223 e. The van der Waals surface area contributed by atoms with Crippen LogP contribution in [0, 0.1) is 5.92 Å². The van der Waals surface area contributed by atoms with Gasteiger partial charge in [0.05, 0.1) is 0 Å². The minimum absolute atomic E-state index is 0.240. The number of carbonyl (C=O) groups excluding carboxylic acids is 1. The molecule has 0 aromatic carbocycles. The third-order valence-corrected chi connectivity index (χ3v) is 3.21. The number of hydrogen-bond acceptors (Lipinski definition) is 3. The van der Waals surface area contributed by atoms with Crippen molar-refractivity contribution < 1.29 is 9.53 Å². The number of amides is 1. The van der Waals surface area contributed by atoms with Crippen molar-refractivity contribution in [2.45, 2.75) is 45.2 Å². The Morgan fingerprint density at radius 1 is 1.62 bits per heavy atom. The Kier molecular flexibility index (Phi) is 5.22. The maximum Gasteiger partial charge on any atom is 0.223 e. The predicted molar refractivity (Wildman–Crippen MR) is 64.0 cm³/mol. The standard InChI is InChI=1S/C12H24N2O2/c1-9(8-16-3)6-12(15)14-5-4-11(13)7-10(14)2/h9-11H,4-8,13H2,1-3H3. The minimum atomic E-state index is 0.240. The Balaban J connectivity index is 2.41. The zero-order chi connectivity index (χ0) is 12.1. The van der Waals surface area contributed by atoms with Gasteiger partial charge < -0.3 is 15.4 Å². The highest BCUT2D eigenvalue weighted by Gasteiger charge is 2.27. The first-order valence-corrected chi connectivity index (χ1v) is 6.08. The number of methoxy groups -OCH3 is 1. The van der Waals surface area contributed by atoms with E-state index in [9.17, 15) is 4.79 Å². The maximum absolute atomic E-state index is 12.0. The van der Waals surface area contributed by atoms with E-state index in [0.29, 0.717) is 18.9 Å². The summed E-state index contributed by atoms with van der Waals surface area (Å²) in [6.45, 7) is 5.58. The highest BCUT2D eigenvalue weighted by atomic mass is 16.5. The van der Waals surface area contributed by atoms with Crippen molar-refractivity contribution in [3.05, 3.63) is 0 Å². The van der Waals surface area contributed by atoms with Crippen LogP contribution in [0.5, 0.6) is 0 Å². The highest BCUT2D eigenvalue weighted by molar-refractivity contribution is 5.76. The molecule has 0 aromatic rings. The van der Waals surface area contributed by atoms with Crippen LogP contribution >= 0.6 is 0 Å². The molecular weight excluding hydrogens is 204 g/mol. The van der Waals surface area contributed by atoms with E-state index in [1.807, 2.05) is 11.8 Å². The zero-order valence-corrected chi connectivity index (χ0v) is 10.6. The van der Waals surface area contributed by atoms with E-state index in [1.54, 1.807) is 7.11 Å². The second kappa shape index (κ2) is 6.21. The van der Waals surface area contributed by atoms with E-state index in [1.165, 1.54) is 0 Å². The van der Waals surface area contributed by atoms with Crippen molar-refractivity contribution in [1.29, 1.82) is 0 Å². The molecule has 94 valence electrons. The van der Waals surface area contributed by atoms with E-state index in [-0.39, 0.29) is 18.0 Å². The van der Waals surface area contributed by atoms with Crippen molar-refractivity contribution in [3.8, 4) is 0 Å². The van der Waals surface area contributed by atoms with Gasteiger partial charge in [-0.1, -0.05) is 6.92 Å². The average molecular weight is 228 g/mol.